The minimum atomic E-state index is -3.58. The number of benzene rings is 2. The van der Waals surface area contributed by atoms with Crippen LogP contribution in [0.25, 0.3) is 10.2 Å². The van der Waals surface area contributed by atoms with Crippen molar-refractivity contribution in [3.8, 4) is 0 Å². The van der Waals surface area contributed by atoms with Crippen molar-refractivity contribution in [3.63, 3.8) is 0 Å². The lowest BCUT2D eigenvalue weighted by Gasteiger charge is -2.15. The van der Waals surface area contributed by atoms with Gasteiger partial charge in [0.05, 0.1) is 21.7 Å². The van der Waals surface area contributed by atoms with Gasteiger partial charge in [0.15, 0.2) is 4.80 Å². The fourth-order valence-corrected chi connectivity index (χ4v) is 6.19. The Balaban J connectivity index is 1.67. The van der Waals surface area contributed by atoms with Crippen LogP contribution in [0.3, 0.4) is 0 Å². The van der Waals surface area contributed by atoms with Gasteiger partial charge >= 0.3 is 5.97 Å². The molecule has 11 heteroatoms. The number of hydrogen-bond acceptors (Lipinski definition) is 6. The first kappa shape index (κ1) is 23.3. The Labute approximate surface area is 194 Å². The predicted octanol–water partition coefficient (Wildman–Crippen LogP) is 2.93. The van der Waals surface area contributed by atoms with Crippen molar-refractivity contribution in [1.29, 1.82) is 0 Å². The molecule has 1 amide bonds. The summed E-state index contributed by atoms with van der Waals surface area (Å²) >= 11 is 1.07. The number of amides is 1. The predicted molar refractivity (Wildman–Crippen MR) is 121 cm³/mol. The summed E-state index contributed by atoms with van der Waals surface area (Å²) in [6.45, 7) is 2.69. The summed E-state index contributed by atoms with van der Waals surface area (Å²) in [6.07, 6.45) is 1.67. The van der Waals surface area contributed by atoms with Crippen LogP contribution in [-0.4, -0.2) is 48.9 Å². The fraction of sp³-hybridized carbons (Fsp3) is 0.318. The molecule has 1 aromatic heterocycles. The first-order valence-corrected chi connectivity index (χ1v) is 12.7. The van der Waals surface area contributed by atoms with Crippen LogP contribution < -0.4 is 4.80 Å². The Morgan fingerprint density at radius 2 is 1.82 bits per heavy atom. The van der Waals surface area contributed by atoms with Crippen molar-refractivity contribution in [3.05, 3.63) is 58.6 Å². The number of carbonyl (C=O) groups is 2. The van der Waals surface area contributed by atoms with E-state index in [4.69, 9.17) is 4.74 Å². The third-order valence-electron chi connectivity index (χ3n) is 5.24. The van der Waals surface area contributed by atoms with Crippen molar-refractivity contribution >= 4 is 43.5 Å². The number of hydrogen-bond donors (Lipinski definition) is 0. The van der Waals surface area contributed by atoms with E-state index in [0.29, 0.717) is 23.3 Å². The van der Waals surface area contributed by atoms with Gasteiger partial charge in [-0.2, -0.15) is 9.30 Å². The number of rotatable bonds is 6. The van der Waals surface area contributed by atoms with E-state index in [2.05, 4.69) is 4.99 Å². The van der Waals surface area contributed by atoms with Crippen LogP contribution in [-0.2, 0) is 26.1 Å². The number of esters is 1. The number of fused-ring (bicyclic) bond motifs is 1. The highest BCUT2D eigenvalue weighted by atomic mass is 32.2. The summed E-state index contributed by atoms with van der Waals surface area (Å²) in [7, 11) is -3.58. The molecule has 0 unspecified atom stereocenters. The molecule has 174 valence electrons. The van der Waals surface area contributed by atoms with Crippen LogP contribution in [0.1, 0.15) is 30.1 Å². The maximum atomic E-state index is 13.7. The van der Waals surface area contributed by atoms with E-state index in [0.717, 1.165) is 24.2 Å². The number of ether oxygens (including phenoxy) is 1. The van der Waals surface area contributed by atoms with E-state index >= 15 is 0 Å². The van der Waals surface area contributed by atoms with Gasteiger partial charge in [-0.3, -0.25) is 9.59 Å². The van der Waals surface area contributed by atoms with Gasteiger partial charge < -0.3 is 9.30 Å². The minimum absolute atomic E-state index is 0.121. The van der Waals surface area contributed by atoms with Gasteiger partial charge in [-0.15, -0.1) is 0 Å². The van der Waals surface area contributed by atoms with E-state index in [-0.39, 0.29) is 28.4 Å². The average Bonchev–Trinajstić information content (AvgIpc) is 3.43. The summed E-state index contributed by atoms with van der Waals surface area (Å²) in [6, 6.07) is 9.70. The molecule has 0 N–H and O–H groups in total. The molecule has 0 saturated carbocycles. The van der Waals surface area contributed by atoms with Gasteiger partial charge in [0, 0.05) is 18.7 Å². The zero-order chi connectivity index (χ0) is 23.6. The first-order chi connectivity index (χ1) is 15.8. The van der Waals surface area contributed by atoms with Crippen LogP contribution in [0.15, 0.2) is 52.4 Å². The van der Waals surface area contributed by atoms with E-state index in [1.54, 1.807) is 6.92 Å². The normalized spacial score (nSPS) is 15.3. The Morgan fingerprint density at radius 1 is 1.12 bits per heavy atom. The monoisotopic (exact) mass is 491 g/mol. The Morgan fingerprint density at radius 3 is 2.48 bits per heavy atom. The summed E-state index contributed by atoms with van der Waals surface area (Å²) in [4.78, 5) is 29.3. The molecule has 1 saturated heterocycles. The molecule has 1 fully saturated rings. The second-order valence-corrected chi connectivity index (χ2v) is 10.4. The van der Waals surface area contributed by atoms with Crippen molar-refractivity contribution in [2.24, 2.45) is 4.99 Å². The Hall–Kier alpha value is -2.89. The lowest BCUT2D eigenvalue weighted by molar-refractivity contribution is -0.143. The molecule has 4 rings (SSSR count). The van der Waals surface area contributed by atoms with Gasteiger partial charge in [0.25, 0.3) is 5.91 Å². The number of sulfonamides is 1. The first-order valence-electron chi connectivity index (χ1n) is 10.4. The zero-order valence-electron chi connectivity index (χ0n) is 17.9. The van der Waals surface area contributed by atoms with E-state index in [9.17, 15) is 22.4 Å². The molecule has 0 bridgehead atoms. The van der Waals surface area contributed by atoms with Crippen molar-refractivity contribution in [2.45, 2.75) is 31.2 Å². The maximum Gasteiger partial charge on any atom is 0.326 e. The number of aromatic nitrogens is 1. The molecule has 2 heterocycles. The molecule has 2 aromatic carbocycles. The standard InChI is InChI=1S/C22H22FN3O5S2/c1-2-31-20(27)14-26-18-10-7-16(23)13-19(18)32-22(26)24-21(28)15-5-8-17(9-6-15)33(29,30)25-11-3-4-12-25/h5-10,13H,2-4,11-12,14H2,1H3. The quantitative estimate of drug-likeness (QED) is 0.494. The molecule has 33 heavy (non-hydrogen) atoms. The maximum absolute atomic E-state index is 13.7. The second kappa shape index (κ2) is 9.54. The van der Waals surface area contributed by atoms with Gasteiger partial charge in [-0.05, 0) is 62.2 Å². The highest BCUT2D eigenvalue weighted by Crippen LogP contribution is 2.22. The molecule has 0 spiro atoms. The molecule has 1 aliphatic heterocycles. The number of carbonyl (C=O) groups excluding carboxylic acids is 2. The third-order valence-corrected chi connectivity index (χ3v) is 8.19. The molecule has 3 aromatic rings. The van der Waals surface area contributed by atoms with E-state index in [1.807, 2.05) is 0 Å². The summed E-state index contributed by atoms with van der Waals surface area (Å²) in [5.74, 6) is -1.56. The van der Waals surface area contributed by atoms with Crippen molar-refractivity contribution in [1.82, 2.24) is 8.87 Å². The average molecular weight is 492 g/mol. The number of thiazole rings is 1. The van der Waals surface area contributed by atoms with Crippen molar-refractivity contribution < 1.29 is 27.1 Å². The highest BCUT2D eigenvalue weighted by molar-refractivity contribution is 7.89. The van der Waals surface area contributed by atoms with Crippen LogP contribution >= 0.6 is 11.3 Å². The van der Waals surface area contributed by atoms with Crippen LogP contribution in [0.4, 0.5) is 4.39 Å². The SMILES string of the molecule is CCOC(=O)Cn1c(=NC(=O)c2ccc(S(=O)(=O)N3CCCC3)cc2)sc2cc(F)ccc21. The molecular weight excluding hydrogens is 469 g/mol. The minimum Gasteiger partial charge on any atom is -0.465 e. The number of nitrogens with zero attached hydrogens (tertiary/aromatic N) is 3. The molecule has 1 aliphatic rings. The summed E-state index contributed by atoms with van der Waals surface area (Å²) in [5, 5.41) is 0. The van der Waals surface area contributed by atoms with Crippen LogP contribution in [0, 0.1) is 5.82 Å². The molecule has 0 atom stereocenters. The number of halogens is 1. The van der Waals surface area contributed by atoms with Crippen LogP contribution in [0.5, 0.6) is 0 Å². The Bertz CT molecular complexity index is 1370. The van der Waals surface area contributed by atoms with E-state index in [1.165, 1.54) is 51.3 Å². The van der Waals surface area contributed by atoms with Gasteiger partial charge in [0.1, 0.15) is 12.4 Å². The lowest BCUT2D eigenvalue weighted by Crippen LogP contribution is -2.27. The second-order valence-electron chi connectivity index (χ2n) is 7.44. The van der Waals surface area contributed by atoms with Gasteiger partial charge in [-0.25, -0.2) is 12.8 Å². The third kappa shape index (κ3) is 4.90. The van der Waals surface area contributed by atoms with Crippen LogP contribution in [0.2, 0.25) is 0 Å². The Kier molecular flexibility index (Phi) is 6.73. The molecule has 0 aliphatic carbocycles. The largest absolute Gasteiger partial charge is 0.465 e. The lowest BCUT2D eigenvalue weighted by atomic mass is 10.2. The van der Waals surface area contributed by atoms with E-state index < -0.39 is 27.7 Å². The topological polar surface area (TPSA) is 98.0 Å². The highest BCUT2D eigenvalue weighted by Gasteiger charge is 2.27. The molecule has 8 nitrogen and oxygen atoms in total. The summed E-state index contributed by atoms with van der Waals surface area (Å²) in [5.41, 5.74) is 0.745. The molecular formula is C22H22FN3O5S2. The molecule has 0 radical (unpaired) electrons. The smallest absolute Gasteiger partial charge is 0.326 e. The summed E-state index contributed by atoms with van der Waals surface area (Å²) < 4.78 is 47.5. The zero-order valence-corrected chi connectivity index (χ0v) is 19.5. The van der Waals surface area contributed by atoms with Gasteiger partial charge in [-0.1, -0.05) is 11.3 Å². The van der Waals surface area contributed by atoms with Gasteiger partial charge in [0.2, 0.25) is 10.0 Å². The fourth-order valence-electron chi connectivity index (χ4n) is 3.62. The van der Waals surface area contributed by atoms with Crippen molar-refractivity contribution in [2.75, 3.05) is 19.7 Å².